The molecule has 2 aliphatic rings. The summed E-state index contributed by atoms with van der Waals surface area (Å²) in [5, 5.41) is 0. The van der Waals surface area contributed by atoms with Gasteiger partial charge in [-0.1, -0.05) is 65.2 Å². The van der Waals surface area contributed by atoms with E-state index in [1.165, 1.54) is 44.9 Å². The largest absolute Gasteiger partial charge is 0.296 e. The van der Waals surface area contributed by atoms with E-state index in [2.05, 4.69) is 53.5 Å². The fraction of sp³-hybridized carbons (Fsp3) is 0.923. The molecule has 0 radical (unpaired) electrons. The third-order valence-corrected chi connectivity index (χ3v) is 8.14. The molecule has 4 nitrogen and oxygen atoms in total. The van der Waals surface area contributed by atoms with Gasteiger partial charge in [-0.25, -0.2) is 0 Å². The zero-order valence-electron chi connectivity index (χ0n) is 20.9. The van der Waals surface area contributed by atoms with Crippen LogP contribution in [0.2, 0.25) is 0 Å². The van der Waals surface area contributed by atoms with Gasteiger partial charge in [-0.2, -0.15) is 0 Å². The first kappa shape index (κ1) is 25.4. The second kappa shape index (κ2) is 10.6. The summed E-state index contributed by atoms with van der Waals surface area (Å²) in [6.07, 6.45) is 13.3. The zero-order valence-corrected chi connectivity index (χ0v) is 20.9. The van der Waals surface area contributed by atoms with Gasteiger partial charge in [0.05, 0.1) is 5.92 Å². The molecule has 0 spiro atoms. The Bertz CT molecular complexity index is 566. The van der Waals surface area contributed by atoms with Crippen molar-refractivity contribution in [3.63, 3.8) is 0 Å². The number of likely N-dealkylation sites (tertiary alicyclic amines) is 2. The Kier molecular flexibility index (Phi) is 8.97. The molecule has 174 valence electrons. The van der Waals surface area contributed by atoms with Crippen LogP contribution in [0.4, 0.5) is 0 Å². The van der Waals surface area contributed by atoms with Crippen LogP contribution in [0.15, 0.2) is 0 Å². The number of unbranched alkanes of at least 4 members (excludes halogenated alkanes) is 6. The van der Waals surface area contributed by atoms with Crippen molar-refractivity contribution >= 4 is 11.8 Å². The van der Waals surface area contributed by atoms with E-state index in [0.29, 0.717) is 12.3 Å². The third-order valence-electron chi connectivity index (χ3n) is 8.14. The number of rotatable bonds is 11. The van der Waals surface area contributed by atoms with Crippen LogP contribution in [-0.2, 0) is 9.59 Å². The van der Waals surface area contributed by atoms with Crippen LogP contribution in [0.5, 0.6) is 0 Å². The number of piperidine rings is 1. The smallest absolute Gasteiger partial charge is 0.233 e. The molecule has 0 aliphatic carbocycles. The van der Waals surface area contributed by atoms with E-state index in [4.69, 9.17) is 0 Å². The Morgan fingerprint density at radius 2 is 1.43 bits per heavy atom. The quantitative estimate of drug-likeness (QED) is 0.296. The predicted molar refractivity (Wildman–Crippen MR) is 125 cm³/mol. The highest BCUT2D eigenvalue weighted by Gasteiger charge is 2.51. The number of amides is 2. The Morgan fingerprint density at radius 3 is 1.97 bits per heavy atom. The van der Waals surface area contributed by atoms with Crippen molar-refractivity contribution in [1.29, 1.82) is 0 Å². The van der Waals surface area contributed by atoms with Gasteiger partial charge in [-0.15, -0.1) is 0 Å². The first-order valence-electron chi connectivity index (χ1n) is 12.6. The summed E-state index contributed by atoms with van der Waals surface area (Å²) in [5.74, 6) is 0.461. The predicted octanol–water partition coefficient (Wildman–Crippen LogP) is 6.18. The van der Waals surface area contributed by atoms with Gasteiger partial charge in [-0.3, -0.25) is 19.4 Å². The van der Waals surface area contributed by atoms with E-state index in [-0.39, 0.29) is 34.9 Å². The van der Waals surface area contributed by atoms with Crippen molar-refractivity contribution in [2.24, 2.45) is 11.8 Å². The molecule has 0 bridgehead atoms. The SMILES string of the molecule is CCCCCCCCCC(CC)C1CC(=O)N(C2CC(C)(C)N(C)C(C)(C)C2)C1=O. The summed E-state index contributed by atoms with van der Waals surface area (Å²) >= 11 is 0. The maximum absolute atomic E-state index is 13.4. The summed E-state index contributed by atoms with van der Waals surface area (Å²) in [6.45, 7) is 13.4. The third kappa shape index (κ3) is 5.87. The lowest BCUT2D eigenvalue weighted by Gasteiger charge is -2.54. The van der Waals surface area contributed by atoms with Gasteiger partial charge >= 0.3 is 0 Å². The molecule has 4 heteroatoms. The highest BCUT2D eigenvalue weighted by atomic mass is 16.2. The molecule has 2 heterocycles. The molecular weight excluding hydrogens is 372 g/mol. The van der Waals surface area contributed by atoms with Crippen LogP contribution in [0.3, 0.4) is 0 Å². The number of imide groups is 1. The van der Waals surface area contributed by atoms with Gasteiger partial charge in [0.1, 0.15) is 0 Å². The Morgan fingerprint density at radius 1 is 0.900 bits per heavy atom. The summed E-state index contributed by atoms with van der Waals surface area (Å²) in [4.78, 5) is 30.5. The topological polar surface area (TPSA) is 40.6 Å². The highest BCUT2D eigenvalue weighted by molar-refractivity contribution is 6.04. The van der Waals surface area contributed by atoms with Crippen LogP contribution in [-0.4, -0.2) is 45.8 Å². The summed E-state index contributed by atoms with van der Waals surface area (Å²) in [6, 6.07) is 0.0345. The number of hydrogen-bond acceptors (Lipinski definition) is 3. The van der Waals surface area contributed by atoms with Crippen molar-refractivity contribution in [2.75, 3.05) is 7.05 Å². The lowest BCUT2D eigenvalue weighted by Crippen LogP contribution is -2.63. The highest BCUT2D eigenvalue weighted by Crippen LogP contribution is 2.42. The summed E-state index contributed by atoms with van der Waals surface area (Å²) < 4.78 is 0. The van der Waals surface area contributed by atoms with Gasteiger partial charge in [0.2, 0.25) is 11.8 Å². The van der Waals surface area contributed by atoms with Gasteiger partial charge in [0.15, 0.2) is 0 Å². The normalized spacial score (nSPS) is 25.8. The van der Waals surface area contributed by atoms with E-state index in [9.17, 15) is 9.59 Å². The average Bonchev–Trinajstić information content (AvgIpc) is 2.95. The molecule has 2 unspecified atom stereocenters. The fourth-order valence-corrected chi connectivity index (χ4v) is 5.98. The van der Waals surface area contributed by atoms with Crippen LogP contribution >= 0.6 is 0 Å². The van der Waals surface area contributed by atoms with E-state index in [1.807, 2.05) is 0 Å². The molecule has 2 atom stereocenters. The average molecular weight is 421 g/mol. The van der Waals surface area contributed by atoms with Crippen molar-refractivity contribution in [2.45, 2.75) is 136 Å². The van der Waals surface area contributed by atoms with Gasteiger partial charge in [0, 0.05) is 23.5 Å². The minimum Gasteiger partial charge on any atom is -0.296 e. The minimum absolute atomic E-state index is 0.0208. The molecule has 30 heavy (non-hydrogen) atoms. The van der Waals surface area contributed by atoms with Crippen LogP contribution < -0.4 is 0 Å². The Labute approximate surface area is 186 Å². The van der Waals surface area contributed by atoms with Crippen LogP contribution in [0, 0.1) is 11.8 Å². The molecular formula is C26H48N2O2. The molecule has 0 saturated carbocycles. The van der Waals surface area contributed by atoms with Gasteiger partial charge < -0.3 is 0 Å². The first-order chi connectivity index (χ1) is 14.0. The Balaban J connectivity index is 1.96. The fourth-order valence-electron chi connectivity index (χ4n) is 5.98. The second-order valence-electron chi connectivity index (χ2n) is 11.2. The number of hydrogen-bond donors (Lipinski definition) is 0. The molecule has 0 aromatic carbocycles. The standard InChI is InChI=1S/C26H48N2O2/c1-8-10-11-12-13-14-15-16-20(9-2)22-17-23(29)28(24(22)30)21-18-25(3,4)27(7)26(5,6)19-21/h20-22H,8-19H2,1-7H3. The van der Waals surface area contributed by atoms with E-state index in [1.54, 1.807) is 4.90 Å². The van der Waals surface area contributed by atoms with Gasteiger partial charge in [-0.05, 0) is 59.9 Å². The summed E-state index contributed by atoms with van der Waals surface area (Å²) in [5.41, 5.74) is -0.0417. The monoisotopic (exact) mass is 420 g/mol. The Hall–Kier alpha value is -0.900. The number of carbonyl (C=O) groups is 2. The van der Waals surface area contributed by atoms with E-state index in [0.717, 1.165) is 25.7 Å². The lowest BCUT2D eigenvalue weighted by molar-refractivity contribution is -0.147. The van der Waals surface area contributed by atoms with Gasteiger partial charge in [0.25, 0.3) is 0 Å². The molecule has 2 saturated heterocycles. The van der Waals surface area contributed by atoms with Crippen molar-refractivity contribution in [1.82, 2.24) is 9.80 Å². The molecule has 0 N–H and O–H groups in total. The first-order valence-corrected chi connectivity index (χ1v) is 12.6. The van der Waals surface area contributed by atoms with Crippen LogP contribution in [0.25, 0.3) is 0 Å². The second-order valence-corrected chi connectivity index (χ2v) is 11.2. The van der Waals surface area contributed by atoms with Crippen molar-refractivity contribution in [3.05, 3.63) is 0 Å². The molecule has 2 rings (SSSR count). The zero-order chi connectivity index (χ0) is 22.5. The number of carbonyl (C=O) groups excluding carboxylic acids is 2. The maximum Gasteiger partial charge on any atom is 0.233 e. The van der Waals surface area contributed by atoms with Crippen LogP contribution in [0.1, 0.15) is 119 Å². The molecule has 2 aliphatic heterocycles. The maximum atomic E-state index is 13.4. The lowest BCUT2D eigenvalue weighted by atomic mass is 9.77. The molecule has 0 aromatic rings. The minimum atomic E-state index is -0.0894. The molecule has 2 fully saturated rings. The van der Waals surface area contributed by atoms with E-state index >= 15 is 0 Å². The summed E-state index contributed by atoms with van der Waals surface area (Å²) in [7, 11) is 2.17. The molecule has 2 amide bonds. The molecule has 0 aromatic heterocycles. The van der Waals surface area contributed by atoms with E-state index < -0.39 is 0 Å². The van der Waals surface area contributed by atoms with Crippen molar-refractivity contribution < 1.29 is 9.59 Å². The number of nitrogens with zero attached hydrogens (tertiary/aromatic N) is 2. The van der Waals surface area contributed by atoms with Crippen molar-refractivity contribution in [3.8, 4) is 0 Å².